The van der Waals surface area contributed by atoms with Gasteiger partial charge < -0.3 is 0 Å². The summed E-state index contributed by atoms with van der Waals surface area (Å²) in [5.74, 6) is 0. The molecule has 0 bridgehead atoms. The summed E-state index contributed by atoms with van der Waals surface area (Å²) in [7, 11) is 0. The lowest BCUT2D eigenvalue weighted by atomic mass is 9.92. The maximum absolute atomic E-state index is 4.74. The summed E-state index contributed by atoms with van der Waals surface area (Å²) in [5.41, 5.74) is 7.67. The summed E-state index contributed by atoms with van der Waals surface area (Å²) in [6.07, 6.45) is 5.35. The molecular weight excluding hydrogens is 302 g/mol. The Labute approximate surface area is 149 Å². The summed E-state index contributed by atoms with van der Waals surface area (Å²) >= 11 is 0. The highest BCUT2D eigenvalue weighted by molar-refractivity contribution is 6.05. The molecule has 25 heavy (non-hydrogen) atoms. The van der Waals surface area contributed by atoms with E-state index in [1.165, 1.54) is 38.6 Å². The molecule has 0 aromatic heterocycles. The van der Waals surface area contributed by atoms with Crippen molar-refractivity contribution >= 4 is 28.2 Å². The normalized spacial score (nSPS) is 14.6. The van der Waals surface area contributed by atoms with E-state index in [1.54, 1.807) is 0 Å². The molecule has 0 heterocycles. The largest absolute Gasteiger partial charge is 0.256 e. The van der Waals surface area contributed by atoms with Crippen LogP contribution in [0.15, 0.2) is 88.9 Å². The van der Waals surface area contributed by atoms with E-state index in [9.17, 15) is 0 Å². The standard InChI is InChI=1S/C24H21N/c1-17-12-14-21(18(17)2)23-15-13-19-8-6-7-11-22(19)24(23)16-25-20-9-4-3-5-10-20/h3-13,15-16H,14H2,1-2H3/b25-16+. The minimum absolute atomic E-state index is 0.979. The van der Waals surface area contributed by atoms with Crippen molar-refractivity contribution in [3.05, 3.63) is 95.1 Å². The third kappa shape index (κ3) is 2.94. The minimum Gasteiger partial charge on any atom is -0.256 e. The van der Waals surface area contributed by atoms with E-state index in [2.05, 4.69) is 56.3 Å². The fraction of sp³-hybridized carbons (Fsp3) is 0.125. The molecular formula is C24H21N. The van der Waals surface area contributed by atoms with Crippen LogP contribution in [-0.4, -0.2) is 6.21 Å². The van der Waals surface area contributed by atoms with Crippen molar-refractivity contribution in [2.24, 2.45) is 4.99 Å². The van der Waals surface area contributed by atoms with Crippen LogP contribution in [0.3, 0.4) is 0 Å². The Morgan fingerprint density at radius 1 is 0.840 bits per heavy atom. The topological polar surface area (TPSA) is 12.4 Å². The molecule has 1 nitrogen and oxygen atoms in total. The molecule has 0 N–H and O–H groups in total. The van der Waals surface area contributed by atoms with Gasteiger partial charge in [0.25, 0.3) is 0 Å². The second kappa shape index (κ2) is 6.52. The van der Waals surface area contributed by atoms with Crippen LogP contribution in [0.25, 0.3) is 16.3 Å². The van der Waals surface area contributed by atoms with Crippen molar-refractivity contribution < 1.29 is 0 Å². The van der Waals surface area contributed by atoms with Crippen LogP contribution in [0, 0.1) is 0 Å². The molecule has 0 radical (unpaired) electrons. The molecule has 122 valence electrons. The molecule has 3 aromatic rings. The lowest BCUT2D eigenvalue weighted by molar-refractivity contribution is 1.38. The first-order valence-corrected chi connectivity index (χ1v) is 8.72. The fourth-order valence-electron chi connectivity index (χ4n) is 3.46. The van der Waals surface area contributed by atoms with Gasteiger partial charge in [-0.25, -0.2) is 0 Å². The maximum Gasteiger partial charge on any atom is 0.0629 e. The van der Waals surface area contributed by atoms with Gasteiger partial charge in [-0.15, -0.1) is 0 Å². The number of aliphatic imine (C=N–C) groups is 1. The number of allylic oxidation sites excluding steroid dienone is 4. The highest BCUT2D eigenvalue weighted by Gasteiger charge is 2.16. The number of hydrogen-bond acceptors (Lipinski definition) is 1. The van der Waals surface area contributed by atoms with E-state index in [0.717, 1.165) is 12.1 Å². The minimum atomic E-state index is 0.979. The van der Waals surface area contributed by atoms with Crippen LogP contribution in [-0.2, 0) is 0 Å². The van der Waals surface area contributed by atoms with E-state index in [0.29, 0.717) is 0 Å². The predicted molar refractivity (Wildman–Crippen MR) is 109 cm³/mol. The van der Waals surface area contributed by atoms with E-state index < -0.39 is 0 Å². The highest BCUT2D eigenvalue weighted by Crippen LogP contribution is 2.36. The number of rotatable bonds is 3. The first-order valence-electron chi connectivity index (χ1n) is 8.72. The van der Waals surface area contributed by atoms with Crippen molar-refractivity contribution in [2.45, 2.75) is 20.3 Å². The second-order valence-electron chi connectivity index (χ2n) is 6.54. The second-order valence-corrected chi connectivity index (χ2v) is 6.54. The van der Waals surface area contributed by atoms with Crippen molar-refractivity contribution in [2.75, 3.05) is 0 Å². The number of hydrogen-bond donors (Lipinski definition) is 0. The van der Waals surface area contributed by atoms with E-state index in [1.807, 2.05) is 36.5 Å². The molecule has 1 heteroatoms. The van der Waals surface area contributed by atoms with Crippen LogP contribution in [0.5, 0.6) is 0 Å². The van der Waals surface area contributed by atoms with Crippen LogP contribution in [0.2, 0.25) is 0 Å². The van der Waals surface area contributed by atoms with Crippen molar-refractivity contribution in [1.82, 2.24) is 0 Å². The zero-order valence-electron chi connectivity index (χ0n) is 14.7. The van der Waals surface area contributed by atoms with Gasteiger partial charge in [0.15, 0.2) is 0 Å². The molecule has 0 unspecified atom stereocenters. The molecule has 3 aromatic carbocycles. The summed E-state index contributed by atoms with van der Waals surface area (Å²) in [6.45, 7) is 4.42. The van der Waals surface area contributed by atoms with Crippen molar-refractivity contribution in [1.29, 1.82) is 0 Å². The number of para-hydroxylation sites is 1. The van der Waals surface area contributed by atoms with Crippen molar-refractivity contribution in [3.63, 3.8) is 0 Å². The molecule has 0 spiro atoms. The molecule has 0 saturated heterocycles. The van der Waals surface area contributed by atoms with Gasteiger partial charge in [0.1, 0.15) is 0 Å². The average molecular weight is 323 g/mol. The molecule has 0 amide bonds. The number of benzene rings is 3. The van der Waals surface area contributed by atoms with Gasteiger partial charge in [0.05, 0.1) is 5.69 Å². The van der Waals surface area contributed by atoms with Gasteiger partial charge in [-0.2, -0.15) is 0 Å². The molecule has 0 saturated carbocycles. The van der Waals surface area contributed by atoms with E-state index in [-0.39, 0.29) is 0 Å². The Morgan fingerprint density at radius 2 is 1.60 bits per heavy atom. The predicted octanol–water partition coefficient (Wildman–Crippen LogP) is 6.71. The van der Waals surface area contributed by atoms with Crippen LogP contribution in [0.4, 0.5) is 5.69 Å². The van der Waals surface area contributed by atoms with Gasteiger partial charge >= 0.3 is 0 Å². The van der Waals surface area contributed by atoms with Gasteiger partial charge in [-0.05, 0) is 59.9 Å². The Kier molecular flexibility index (Phi) is 4.07. The van der Waals surface area contributed by atoms with Gasteiger partial charge in [0, 0.05) is 11.8 Å². The Morgan fingerprint density at radius 3 is 2.36 bits per heavy atom. The number of nitrogens with zero attached hydrogens (tertiary/aromatic N) is 1. The zero-order chi connectivity index (χ0) is 17.2. The smallest absolute Gasteiger partial charge is 0.0629 e. The quantitative estimate of drug-likeness (QED) is 0.475. The van der Waals surface area contributed by atoms with Crippen LogP contribution in [0.1, 0.15) is 31.4 Å². The molecule has 0 fully saturated rings. The fourth-order valence-corrected chi connectivity index (χ4v) is 3.46. The summed E-state index contributed by atoms with van der Waals surface area (Å²) in [5, 5.41) is 2.51. The molecule has 0 atom stereocenters. The van der Waals surface area contributed by atoms with E-state index >= 15 is 0 Å². The van der Waals surface area contributed by atoms with Crippen molar-refractivity contribution in [3.8, 4) is 0 Å². The summed E-state index contributed by atoms with van der Waals surface area (Å²) in [4.78, 5) is 4.74. The summed E-state index contributed by atoms with van der Waals surface area (Å²) in [6, 6.07) is 23.1. The summed E-state index contributed by atoms with van der Waals surface area (Å²) < 4.78 is 0. The first-order chi connectivity index (χ1) is 12.2. The zero-order valence-corrected chi connectivity index (χ0v) is 14.7. The molecule has 1 aliphatic carbocycles. The van der Waals surface area contributed by atoms with Crippen LogP contribution < -0.4 is 0 Å². The lowest BCUT2D eigenvalue weighted by Crippen LogP contribution is -1.95. The molecule has 4 rings (SSSR count). The van der Waals surface area contributed by atoms with Gasteiger partial charge in [0.2, 0.25) is 0 Å². The highest BCUT2D eigenvalue weighted by atomic mass is 14.7. The number of fused-ring (bicyclic) bond motifs is 1. The molecule has 0 aliphatic heterocycles. The molecule has 1 aliphatic rings. The Hall–Kier alpha value is -2.93. The third-order valence-corrected chi connectivity index (χ3v) is 5.05. The maximum atomic E-state index is 4.74. The average Bonchev–Trinajstić information content (AvgIpc) is 2.99. The Bertz CT molecular complexity index is 1020. The SMILES string of the molecule is CC1=CCC(c2ccc3ccccc3c2/C=N/c2ccccc2)=C1C. The van der Waals surface area contributed by atoms with Gasteiger partial charge in [-0.3, -0.25) is 4.99 Å². The third-order valence-electron chi connectivity index (χ3n) is 5.05. The van der Waals surface area contributed by atoms with E-state index in [4.69, 9.17) is 4.99 Å². The van der Waals surface area contributed by atoms with Gasteiger partial charge in [-0.1, -0.05) is 66.2 Å². The Balaban J connectivity index is 1.91. The monoisotopic (exact) mass is 323 g/mol. The lowest BCUT2D eigenvalue weighted by Gasteiger charge is -2.13. The van der Waals surface area contributed by atoms with Crippen LogP contribution >= 0.6 is 0 Å². The first kappa shape index (κ1) is 15.6.